The Labute approximate surface area is 159 Å². The van der Waals surface area contributed by atoms with Crippen molar-refractivity contribution >= 4 is 15.9 Å². The topological polar surface area (TPSA) is 48.2 Å². The van der Waals surface area contributed by atoms with Gasteiger partial charge in [-0.2, -0.15) is 0 Å². The minimum Gasteiger partial charge on any atom is -0.489 e. The van der Waals surface area contributed by atoms with Gasteiger partial charge in [0.25, 0.3) is 0 Å². The molecule has 3 aromatic carbocycles. The molecular formula is C21H15BrN2O2. The van der Waals surface area contributed by atoms with Crippen molar-refractivity contribution < 1.29 is 9.15 Å². The van der Waals surface area contributed by atoms with Crippen molar-refractivity contribution in [3.63, 3.8) is 0 Å². The van der Waals surface area contributed by atoms with E-state index in [1.165, 1.54) is 0 Å². The molecule has 0 bridgehead atoms. The van der Waals surface area contributed by atoms with Crippen LogP contribution in [0.1, 0.15) is 5.56 Å². The van der Waals surface area contributed by atoms with E-state index in [9.17, 15) is 0 Å². The lowest BCUT2D eigenvalue weighted by molar-refractivity contribution is 0.306. The Morgan fingerprint density at radius 3 is 2.23 bits per heavy atom. The fourth-order valence-electron chi connectivity index (χ4n) is 2.53. The molecule has 4 aromatic rings. The first-order valence-electron chi connectivity index (χ1n) is 8.14. The zero-order chi connectivity index (χ0) is 17.8. The summed E-state index contributed by atoms with van der Waals surface area (Å²) in [6.07, 6.45) is 0. The molecule has 4 nitrogen and oxygen atoms in total. The summed E-state index contributed by atoms with van der Waals surface area (Å²) in [7, 11) is 0. The van der Waals surface area contributed by atoms with E-state index in [4.69, 9.17) is 9.15 Å². The number of ether oxygens (including phenoxy) is 1. The van der Waals surface area contributed by atoms with E-state index in [0.29, 0.717) is 18.4 Å². The third-order valence-corrected chi connectivity index (χ3v) is 4.37. The summed E-state index contributed by atoms with van der Waals surface area (Å²) >= 11 is 3.42. The Morgan fingerprint density at radius 1 is 0.769 bits per heavy atom. The number of nitrogens with zero attached hydrogens (tertiary/aromatic N) is 2. The van der Waals surface area contributed by atoms with Crippen molar-refractivity contribution in [2.75, 3.05) is 0 Å². The quantitative estimate of drug-likeness (QED) is 0.423. The van der Waals surface area contributed by atoms with Crippen molar-refractivity contribution in [2.24, 2.45) is 0 Å². The highest BCUT2D eigenvalue weighted by Gasteiger charge is 2.10. The number of halogens is 1. The van der Waals surface area contributed by atoms with Crippen molar-refractivity contribution in [2.45, 2.75) is 6.61 Å². The van der Waals surface area contributed by atoms with Gasteiger partial charge in [0.2, 0.25) is 11.8 Å². The second-order valence-corrected chi connectivity index (χ2v) is 6.64. The van der Waals surface area contributed by atoms with Gasteiger partial charge in [-0.1, -0.05) is 46.3 Å². The van der Waals surface area contributed by atoms with Gasteiger partial charge >= 0.3 is 0 Å². The highest BCUT2D eigenvalue weighted by atomic mass is 79.9. The first-order chi connectivity index (χ1) is 12.8. The number of rotatable bonds is 5. The van der Waals surface area contributed by atoms with E-state index in [1.54, 1.807) is 0 Å². The van der Waals surface area contributed by atoms with Crippen LogP contribution in [-0.4, -0.2) is 10.2 Å². The Hall–Kier alpha value is -2.92. The molecule has 1 heterocycles. The first kappa shape index (κ1) is 16.5. The molecule has 0 saturated carbocycles. The lowest BCUT2D eigenvalue weighted by Gasteiger charge is -2.07. The maximum atomic E-state index is 5.82. The number of hydrogen-bond acceptors (Lipinski definition) is 4. The Kier molecular flexibility index (Phi) is 4.80. The SMILES string of the molecule is Brc1ccc(OCc2cccc(-c3nnc(-c4ccccc4)o3)c2)cc1. The fourth-order valence-corrected chi connectivity index (χ4v) is 2.79. The highest BCUT2D eigenvalue weighted by molar-refractivity contribution is 9.10. The highest BCUT2D eigenvalue weighted by Crippen LogP contribution is 2.25. The van der Waals surface area contributed by atoms with Crippen LogP contribution >= 0.6 is 15.9 Å². The van der Waals surface area contributed by atoms with Crippen LogP contribution in [0.2, 0.25) is 0 Å². The average Bonchev–Trinajstić information content (AvgIpc) is 3.19. The maximum absolute atomic E-state index is 5.82. The summed E-state index contributed by atoms with van der Waals surface area (Å²) in [5, 5.41) is 8.31. The van der Waals surface area contributed by atoms with Gasteiger partial charge in [0.1, 0.15) is 12.4 Å². The van der Waals surface area contributed by atoms with Gasteiger partial charge in [-0.25, -0.2) is 0 Å². The van der Waals surface area contributed by atoms with Gasteiger partial charge in [-0.3, -0.25) is 0 Å². The standard InChI is InChI=1S/C21H15BrN2O2/c22-18-9-11-19(12-10-18)25-14-15-5-4-8-17(13-15)21-24-23-20(26-21)16-6-2-1-3-7-16/h1-13H,14H2. The van der Waals surface area contributed by atoms with Crippen molar-refractivity contribution in [1.29, 1.82) is 0 Å². The van der Waals surface area contributed by atoms with Crippen molar-refractivity contribution in [3.05, 3.63) is 88.9 Å². The molecule has 0 aliphatic heterocycles. The first-order valence-corrected chi connectivity index (χ1v) is 8.94. The molecule has 0 unspecified atom stereocenters. The largest absolute Gasteiger partial charge is 0.489 e. The number of hydrogen-bond donors (Lipinski definition) is 0. The lowest BCUT2D eigenvalue weighted by atomic mass is 10.1. The number of benzene rings is 3. The molecule has 1 aromatic heterocycles. The summed E-state index contributed by atoms with van der Waals surface area (Å²) in [6, 6.07) is 25.4. The van der Waals surface area contributed by atoms with Crippen LogP contribution in [0.25, 0.3) is 22.9 Å². The molecule has 0 radical (unpaired) electrons. The molecule has 0 aliphatic carbocycles. The monoisotopic (exact) mass is 406 g/mol. The molecule has 0 fully saturated rings. The minimum absolute atomic E-state index is 0.467. The summed E-state index contributed by atoms with van der Waals surface area (Å²) < 4.78 is 12.7. The van der Waals surface area contributed by atoms with E-state index in [2.05, 4.69) is 26.1 Å². The second-order valence-electron chi connectivity index (χ2n) is 5.72. The molecule has 26 heavy (non-hydrogen) atoms. The van der Waals surface area contributed by atoms with Gasteiger partial charge in [-0.15, -0.1) is 10.2 Å². The average molecular weight is 407 g/mol. The number of aromatic nitrogens is 2. The maximum Gasteiger partial charge on any atom is 0.248 e. The predicted octanol–water partition coefficient (Wildman–Crippen LogP) is 5.75. The van der Waals surface area contributed by atoms with E-state index < -0.39 is 0 Å². The Morgan fingerprint density at radius 2 is 1.46 bits per heavy atom. The van der Waals surface area contributed by atoms with E-state index in [0.717, 1.165) is 26.9 Å². The third kappa shape index (κ3) is 3.83. The molecule has 5 heteroatoms. The summed E-state index contributed by atoms with van der Waals surface area (Å²) in [5.74, 6) is 1.83. The lowest BCUT2D eigenvalue weighted by Crippen LogP contribution is -1.95. The van der Waals surface area contributed by atoms with Crippen LogP contribution in [0.15, 0.2) is 87.8 Å². The third-order valence-electron chi connectivity index (χ3n) is 3.84. The molecule has 0 saturated heterocycles. The zero-order valence-corrected chi connectivity index (χ0v) is 15.4. The smallest absolute Gasteiger partial charge is 0.248 e. The summed E-state index contributed by atoms with van der Waals surface area (Å²) in [6.45, 7) is 0.467. The van der Waals surface area contributed by atoms with Crippen LogP contribution < -0.4 is 4.74 Å². The Balaban J connectivity index is 1.51. The van der Waals surface area contributed by atoms with Crippen LogP contribution in [0.4, 0.5) is 0 Å². The van der Waals surface area contributed by atoms with Crippen LogP contribution in [0, 0.1) is 0 Å². The van der Waals surface area contributed by atoms with E-state index in [1.807, 2.05) is 78.9 Å². The predicted molar refractivity (Wildman–Crippen MR) is 104 cm³/mol. The molecule has 0 aliphatic rings. The summed E-state index contributed by atoms with van der Waals surface area (Å²) in [5.41, 5.74) is 2.81. The fraction of sp³-hybridized carbons (Fsp3) is 0.0476. The second kappa shape index (κ2) is 7.54. The van der Waals surface area contributed by atoms with Gasteiger partial charge in [0.15, 0.2) is 0 Å². The van der Waals surface area contributed by atoms with Gasteiger partial charge in [0.05, 0.1) is 0 Å². The van der Waals surface area contributed by atoms with Gasteiger partial charge in [0, 0.05) is 15.6 Å². The van der Waals surface area contributed by atoms with Crippen molar-refractivity contribution in [3.8, 4) is 28.7 Å². The molecule has 0 amide bonds. The van der Waals surface area contributed by atoms with Gasteiger partial charge < -0.3 is 9.15 Å². The van der Waals surface area contributed by atoms with Gasteiger partial charge in [-0.05, 0) is 54.1 Å². The minimum atomic E-state index is 0.467. The molecular weight excluding hydrogens is 392 g/mol. The normalized spacial score (nSPS) is 10.7. The van der Waals surface area contributed by atoms with E-state index >= 15 is 0 Å². The molecule has 128 valence electrons. The van der Waals surface area contributed by atoms with Crippen LogP contribution in [0.5, 0.6) is 5.75 Å². The van der Waals surface area contributed by atoms with Crippen molar-refractivity contribution in [1.82, 2.24) is 10.2 Å². The van der Waals surface area contributed by atoms with Crippen LogP contribution in [-0.2, 0) is 6.61 Å². The zero-order valence-electron chi connectivity index (χ0n) is 13.8. The summed E-state index contributed by atoms with van der Waals surface area (Å²) in [4.78, 5) is 0. The van der Waals surface area contributed by atoms with Crippen LogP contribution in [0.3, 0.4) is 0 Å². The molecule has 0 N–H and O–H groups in total. The molecule has 4 rings (SSSR count). The molecule has 0 spiro atoms. The van der Waals surface area contributed by atoms with E-state index in [-0.39, 0.29) is 0 Å². The Bertz CT molecular complexity index is 998. The molecule has 0 atom stereocenters.